The van der Waals surface area contributed by atoms with Gasteiger partial charge < -0.3 is 10.1 Å². The van der Waals surface area contributed by atoms with Gasteiger partial charge in [-0.1, -0.05) is 35.9 Å². The molecule has 0 unspecified atom stereocenters. The number of hydrogen-bond acceptors (Lipinski definition) is 3. The van der Waals surface area contributed by atoms with Gasteiger partial charge in [0.05, 0.1) is 12.6 Å². The van der Waals surface area contributed by atoms with Crippen LogP contribution in [0.4, 0.5) is 4.39 Å². The van der Waals surface area contributed by atoms with Gasteiger partial charge in [-0.05, 0) is 56.5 Å². The molecule has 2 N–H and O–H groups in total. The predicted octanol–water partition coefficient (Wildman–Crippen LogP) is 3.49. The fraction of sp³-hybridized carbons (Fsp3) is 0.333. The Labute approximate surface area is 165 Å². The van der Waals surface area contributed by atoms with Crippen LogP contribution in [0.25, 0.3) is 0 Å². The van der Waals surface area contributed by atoms with E-state index in [0.717, 1.165) is 35.2 Å². The lowest BCUT2D eigenvalue weighted by atomic mass is 10.0. The molecule has 0 spiro atoms. The molecule has 6 heteroatoms. The average molecular weight is 389 g/mol. The second-order valence-corrected chi connectivity index (χ2v) is 6.89. The maximum absolute atomic E-state index is 12.1. The highest BCUT2D eigenvalue weighted by Crippen LogP contribution is 2.23. The van der Waals surface area contributed by atoms with Crippen LogP contribution in [0.5, 0.6) is 5.75 Å². The highest BCUT2D eigenvalue weighted by molar-refractivity contribution is 7.77. The summed E-state index contributed by atoms with van der Waals surface area (Å²) in [5, 5.41) is 11.4. The van der Waals surface area contributed by atoms with E-state index < -0.39 is 0 Å². The van der Waals surface area contributed by atoms with Crippen LogP contribution in [0, 0.1) is 26.2 Å². The molecule has 0 aliphatic carbocycles. The van der Waals surface area contributed by atoms with Crippen LogP contribution in [0.2, 0.25) is 0 Å². The molecule has 0 fully saturated rings. The summed E-state index contributed by atoms with van der Waals surface area (Å²) in [7, 11) is 0. The molecule has 27 heavy (non-hydrogen) atoms. The number of hydrogen-bond donors (Lipinski definition) is 2. The molecular formula is C21H27FN3OS+. The predicted molar refractivity (Wildman–Crippen MR) is 115 cm³/mol. The molecule has 0 heterocycles. The number of alkyl halides is 1. The van der Waals surface area contributed by atoms with Crippen LogP contribution in [-0.2, 0) is 19.0 Å². The number of nitrogens with one attached hydrogen (secondary N) is 2. The number of nitrogens with zero attached hydrogens (tertiary/aromatic N) is 1. The summed E-state index contributed by atoms with van der Waals surface area (Å²) in [5.41, 5.74) is 5.14. The summed E-state index contributed by atoms with van der Waals surface area (Å²) < 4.78 is 17.9. The maximum Gasteiger partial charge on any atom is 0.414 e. The molecule has 0 aromatic heterocycles. The summed E-state index contributed by atoms with van der Waals surface area (Å²) in [6.07, 6.45) is 0.833. The van der Waals surface area contributed by atoms with Gasteiger partial charge in [0.2, 0.25) is 0 Å². The number of ether oxygens (including phenoxy) is 1. The minimum absolute atomic E-state index is 0.130. The standard InChI is InChI=1S/C21H26FN3OS/c1-14-4-6-17(7-5-14)20(23)25-21(27)26-19-13-15(2)18(12-16(19)3)8-10-24-11-9-22/h4-7,12-13,24H,8-11H2,1-3H3,(H2,23,25,27)/p+1. The molecule has 0 amide bonds. The first kappa shape index (κ1) is 21.1. The van der Waals surface area contributed by atoms with E-state index in [-0.39, 0.29) is 17.7 Å². The van der Waals surface area contributed by atoms with Crippen LogP contribution in [0.1, 0.15) is 27.8 Å². The van der Waals surface area contributed by atoms with Crippen molar-refractivity contribution in [2.75, 3.05) is 19.8 Å². The van der Waals surface area contributed by atoms with Crippen molar-refractivity contribution in [1.29, 1.82) is 5.41 Å². The average Bonchev–Trinajstić information content (AvgIpc) is 2.63. The van der Waals surface area contributed by atoms with Gasteiger partial charge in [0.25, 0.3) is 0 Å². The molecule has 0 radical (unpaired) electrons. The molecule has 2 aromatic rings. The molecule has 0 atom stereocenters. The van der Waals surface area contributed by atoms with E-state index in [4.69, 9.17) is 10.1 Å². The first-order valence-corrected chi connectivity index (χ1v) is 9.41. The Balaban J connectivity index is 2.06. The van der Waals surface area contributed by atoms with Crippen LogP contribution in [0.3, 0.4) is 0 Å². The van der Waals surface area contributed by atoms with E-state index in [1.54, 1.807) is 0 Å². The van der Waals surface area contributed by atoms with Gasteiger partial charge >= 0.3 is 5.23 Å². The SMILES string of the molecule is Cc1ccc(C(=N)N=C([SH2+])Oc2cc(C)c(CCNCCF)cc2C)cc1. The zero-order chi connectivity index (χ0) is 19.8. The fourth-order valence-corrected chi connectivity index (χ4v) is 2.87. The van der Waals surface area contributed by atoms with Crippen molar-refractivity contribution in [1.82, 2.24) is 5.32 Å². The van der Waals surface area contributed by atoms with Crippen molar-refractivity contribution in [3.05, 3.63) is 64.2 Å². The van der Waals surface area contributed by atoms with Gasteiger partial charge in [-0.15, -0.1) is 4.99 Å². The highest BCUT2D eigenvalue weighted by Gasteiger charge is 2.11. The second-order valence-electron chi connectivity index (χ2n) is 6.47. The van der Waals surface area contributed by atoms with Gasteiger partial charge in [0.15, 0.2) is 5.84 Å². The smallest absolute Gasteiger partial charge is 0.402 e. The zero-order valence-electron chi connectivity index (χ0n) is 16.0. The van der Waals surface area contributed by atoms with Crippen molar-refractivity contribution >= 4 is 23.7 Å². The van der Waals surface area contributed by atoms with Crippen LogP contribution in [0.15, 0.2) is 41.4 Å². The van der Waals surface area contributed by atoms with Crippen LogP contribution >= 0.6 is 0 Å². The Bertz CT molecular complexity index is 819. The van der Waals surface area contributed by atoms with Crippen molar-refractivity contribution < 1.29 is 9.13 Å². The first-order valence-electron chi connectivity index (χ1n) is 8.91. The quantitative estimate of drug-likeness (QED) is 0.330. The minimum atomic E-state index is -0.352. The van der Waals surface area contributed by atoms with E-state index in [1.807, 2.05) is 51.1 Å². The minimum Gasteiger partial charge on any atom is -0.402 e. The summed E-state index contributed by atoms with van der Waals surface area (Å²) in [4.78, 5) is 4.18. The topological polar surface area (TPSA) is 57.5 Å². The molecule has 144 valence electrons. The molecule has 2 rings (SSSR count). The Morgan fingerprint density at radius 3 is 2.48 bits per heavy atom. The number of amidine groups is 1. The maximum atomic E-state index is 12.1. The molecule has 0 aliphatic rings. The van der Waals surface area contributed by atoms with Gasteiger partial charge in [-0.2, -0.15) is 0 Å². The Kier molecular flexibility index (Phi) is 8.00. The molecule has 0 saturated carbocycles. The Hall–Kier alpha value is -2.18. The van der Waals surface area contributed by atoms with E-state index in [1.165, 1.54) is 5.56 Å². The summed E-state index contributed by atoms with van der Waals surface area (Å²) in [5.74, 6) is 0.823. The third-order valence-corrected chi connectivity index (χ3v) is 4.43. The normalized spacial score (nSPS) is 11.5. The molecule has 0 bridgehead atoms. The van der Waals surface area contributed by atoms with Crippen molar-refractivity contribution in [3.8, 4) is 5.75 Å². The summed E-state index contributed by atoms with van der Waals surface area (Å²) >= 11 is 3.36. The lowest BCUT2D eigenvalue weighted by Gasteiger charge is -2.11. The molecule has 0 aliphatic heterocycles. The Morgan fingerprint density at radius 2 is 1.81 bits per heavy atom. The second kappa shape index (κ2) is 10.2. The van der Waals surface area contributed by atoms with Gasteiger partial charge in [-0.25, -0.2) is 4.39 Å². The third kappa shape index (κ3) is 6.48. The lowest BCUT2D eigenvalue weighted by molar-refractivity contribution is 0.468. The molecule has 4 nitrogen and oxygen atoms in total. The van der Waals surface area contributed by atoms with Crippen molar-refractivity contribution in [2.24, 2.45) is 4.99 Å². The van der Waals surface area contributed by atoms with Gasteiger partial charge in [0.1, 0.15) is 12.4 Å². The largest absolute Gasteiger partial charge is 0.414 e. The molecule has 0 saturated heterocycles. The van der Waals surface area contributed by atoms with E-state index in [0.29, 0.717) is 12.3 Å². The van der Waals surface area contributed by atoms with E-state index in [2.05, 4.69) is 29.0 Å². The van der Waals surface area contributed by atoms with Gasteiger partial charge in [0, 0.05) is 12.1 Å². The van der Waals surface area contributed by atoms with E-state index >= 15 is 0 Å². The third-order valence-electron chi connectivity index (χ3n) is 4.22. The van der Waals surface area contributed by atoms with Crippen molar-refractivity contribution in [2.45, 2.75) is 27.2 Å². The van der Waals surface area contributed by atoms with Crippen LogP contribution < -0.4 is 10.1 Å². The van der Waals surface area contributed by atoms with Crippen molar-refractivity contribution in [3.63, 3.8) is 0 Å². The summed E-state index contributed by atoms with van der Waals surface area (Å²) in [6, 6.07) is 11.7. The fourth-order valence-electron chi connectivity index (χ4n) is 2.65. The number of benzene rings is 2. The highest BCUT2D eigenvalue weighted by atomic mass is 32.1. The first-order chi connectivity index (χ1) is 12.9. The number of halogens is 1. The monoisotopic (exact) mass is 388 g/mol. The number of aryl methyl sites for hydroxylation is 3. The Morgan fingerprint density at radius 1 is 1.11 bits per heavy atom. The number of aliphatic imine (C=N–C) groups is 1. The zero-order valence-corrected chi connectivity index (χ0v) is 17.0. The van der Waals surface area contributed by atoms with Crippen LogP contribution in [-0.4, -0.2) is 30.8 Å². The lowest BCUT2D eigenvalue weighted by Crippen LogP contribution is -2.20. The molecular weight excluding hydrogens is 361 g/mol. The van der Waals surface area contributed by atoms with E-state index in [9.17, 15) is 4.39 Å². The summed E-state index contributed by atoms with van der Waals surface area (Å²) in [6.45, 7) is 6.77. The number of rotatable bonds is 7. The van der Waals surface area contributed by atoms with Gasteiger partial charge in [-0.3, -0.25) is 5.41 Å². The molecule has 2 aromatic carbocycles.